The van der Waals surface area contributed by atoms with Crippen molar-refractivity contribution in [3.8, 4) is 6.07 Å². The Morgan fingerprint density at radius 2 is 2.12 bits per heavy atom. The van der Waals surface area contributed by atoms with Gasteiger partial charge in [-0.05, 0) is 11.6 Å². The van der Waals surface area contributed by atoms with Crippen LogP contribution in [0.15, 0.2) is 18.2 Å². The Morgan fingerprint density at radius 3 is 2.59 bits per heavy atom. The molecule has 17 heavy (non-hydrogen) atoms. The Kier molecular flexibility index (Phi) is 6.46. The topological polar surface area (TPSA) is 119 Å². The van der Waals surface area contributed by atoms with Gasteiger partial charge in [-0.3, -0.25) is 4.79 Å². The molecule has 0 aliphatic rings. The van der Waals surface area contributed by atoms with Crippen molar-refractivity contribution in [3.63, 3.8) is 0 Å². The summed E-state index contributed by atoms with van der Waals surface area (Å²) in [7, 11) is 0. The minimum atomic E-state index is -1.86. The summed E-state index contributed by atoms with van der Waals surface area (Å²) in [6, 6.07) is 6.45. The van der Waals surface area contributed by atoms with Crippen LogP contribution >= 0.6 is 0 Å². The van der Waals surface area contributed by atoms with Gasteiger partial charge in [0.15, 0.2) is 0 Å². The van der Waals surface area contributed by atoms with Crippen molar-refractivity contribution in [1.82, 2.24) is 0 Å². The molecule has 0 radical (unpaired) electrons. The number of carbonyl (C=O) groups is 2. The maximum absolute atomic E-state index is 10.9. The van der Waals surface area contributed by atoms with Gasteiger partial charge in [0, 0.05) is 6.54 Å². The van der Waals surface area contributed by atoms with E-state index in [4.69, 9.17) is 11.0 Å². The van der Waals surface area contributed by atoms with E-state index in [0.29, 0.717) is 5.56 Å². The van der Waals surface area contributed by atoms with Crippen LogP contribution in [0.5, 0.6) is 0 Å². The number of amides is 1. The summed E-state index contributed by atoms with van der Waals surface area (Å²) in [5.41, 5.74) is 6.18. The van der Waals surface area contributed by atoms with E-state index in [1.54, 1.807) is 12.1 Å². The maximum atomic E-state index is 10.9. The van der Waals surface area contributed by atoms with E-state index in [-0.39, 0.29) is 47.4 Å². The fourth-order valence-corrected chi connectivity index (χ4v) is 1.18. The molecule has 0 aliphatic carbocycles. The molecule has 7 heteroatoms. The fraction of sp³-hybridized carbons (Fsp3) is 0.100. The smallest absolute Gasteiger partial charge is 0.540 e. The van der Waals surface area contributed by atoms with Gasteiger partial charge in [-0.15, -0.1) is 0 Å². The van der Waals surface area contributed by atoms with Crippen LogP contribution < -0.4 is 45.7 Å². The van der Waals surface area contributed by atoms with Crippen LogP contribution in [0.2, 0.25) is 0 Å². The minimum Gasteiger partial charge on any atom is -0.540 e. The summed E-state index contributed by atoms with van der Waals surface area (Å²) >= 11 is 0. The van der Waals surface area contributed by atoms with Crippen molar-refractivity contribution >= 4 is 17.6 Å². The molecule has 0 unspecified atom stereocenters. The normalized spacial score (nSPS) is 8.71. The predicted molar refractivity (Wildman–Crippen MR) is 52.7 cm³/mol. The number of carboxylic acids is 1. The number of carboxylic acid groups (broad SMARTS) is 1. The third-order valence-corrected chi connectivity index (χ3v) is 1.92. The molecule has 0 heterocycles. The van der Waals surface area contributed by atoms with Gasteiger partial charge < -0.3 is 21.0 Å². The molecule has 82 valence electrons. The van der Waals surface area contributed by atoms with Crippen molar-refractivity contribution < 1.29 is 44.3 Å². The zero-order valence-electron chi connectivity index (χ0n) is 9.19. The second-order valence-electron chi connectivity index (χ2n) is 2.90. The summed E-state index contributed by atoms with van der Waals surface area (Å²) in [6.07, 6.45) is 0. The molecule has 0 saturated heterocycles. The molecule has 0 atom stereocenters. The molecular weight excluding hydrogens is 233 g/mol. The number of aliphatic carboxylic acids is 1. The molecule has 1 aromatic rings. The monoisotopic (exact) mass is 241 g/mol. The van der Waals surface area contributed by atoms with Crippen LogP contribution in [0.25, 0.3) is 0 Å². The molecule has 3 N–H and O–H groups in total. The molecule has 0 spiro atoms. The average molecular weight is 241 g/mol. The van der Waals surface area contributed by atoms with E-state index < -0.39 is 11.9 Å². The summed E-state index contributed by atoms with van der Waals surface area (Å²) in [5.74, 6) is -3.16. The number of nitrogens with zero attached hydrogens (tertiary/aromatic N) is 1. The van der Waals surface area contributed by atoms with Crippen molar-refractivity contribution in [2.45, 2.75) is 6.54 Å². The predicted octanol–water partition coefficient (Wildman–Crippen LogP) is -4.29. The number of carbonyl (C=O) groups excluding carboxylic acids is 2. The molecule has 0 fully saturated rings. The number of benzene rings is 1. The Balaban J connectivity index is 0.00000256. The second kappa shape index (κ2) is 7.04. The van der Waals surface area contributed by atoms with Crippen molar-refractivity contribution in [2.75, 3.05) is 5.32 Å². The Bertz CT molecular complexity index is 482. The Hall–Kier alpha value is -1.39. The first-order chi connectivity index (χ1) is 7.60. The van der Waals surface area contributed by atoms with Gasteiger partial charge in [-0.25, -0.2) is 0 Å². The number of nitrogens with two attached hydrogens (primary N) is 1. The maximum Gasteiger partial charge on any atom is 1.00 e. The van der Waals surface area contributed by atoms with E-state index in [0.717, 1.165) is 0 Å². The second-order valence-corrected chi connectivity index (χ2v) is 2.90. The number of hydrogen-bond acceptors (Lipinski definition) is 5. The zero-order chi connectivity index (χ0) is 12.1. The average Bonchev–Trinajstić information content (AvgIpc) is 2.28. The molecule has 6 nitrogen and oxygen atoms in total. The number of anilines is 1. The van der Waals surface area contributed by atoms with Crippen LogP contribution in [0.3, 0.4) is 0 Å². The van der Waals surface area contributed by atoms with Gasteiger partial charge in [0.2, 0.25) is 0 Å². The molecule has 0 aromatic heterocycles. The molecule has 0 bridgehead atoms. The van der Waals surface area contributed by atoms with E-state index >= 15 is 0 Å². The van der Waals surface area contributed by atoms with Gasteiger partial charge in [0.1, 0.15) is 12.0 Å². The van der Waals surface area contributed by atoms with Gasteiger partial charge in [-0.1, -0.05) is 12.1 Å². The van der Waals surface area contributed by atoms with E-state index in [2.05, 4.69) is 5.32 Å². The van der Waals surface area contributed by atoms with Crippen LogP contribution in [0.4, 0.5) is 5.69 Å². The fourth-order valence-electron chi connectivity index (χ4n) is 1.18. The molecule has 1 aromatic carbocycles. The Labute approximate surface area is 120 Å². The van der Waals surface area contributed by atoms with E-state index in [1.807, 2.05) is 6.07 Å². The first-order valence-electron chi connectivity index (χ1n) is 4.34. The molecule has 1 amide bonds. The molecule has 0 saturated carbocycles. The number of hydrogen-bond donors (Lipinski definition) is 2. The molecule has 0 aliphatic heterocycles. The summed E-state index contributed by atoms with van der Waals surface area (Å²) in [6.45, 7) is 0.123. The minimum absolute atomic E-state index is 0. The van der Waals surface area contributed by atoms with Gasteiger partial charge >= 0.3 is 29.6 Å². The summed E-state index contributed by atoms with van der Waals surface area (Å²) in [5, 5.41) is 21.1. The van der Waals surface area contributed by atoms with E-state index in [9.17, 15) is 14.7 Å². The Morgan fingerprint density at radius 1 is 1.47 bits per heavy atom. The first kappa shape index (κ1) is 15.6. The zero-order valence-corrected chi connectivity index (χ0v) is 11.2. The van der Waals surface area contributed by atoms with Gasteiger partial charge in [0.05, 0.1) is 11.3 Å². The van der Waals surface area contributed by atoms with Gasteiger partial charge in [0.25, 0.3) is 5.91 Å². The molecule has 1 rings (SSSR count). The van der Waals surface area contributed by atoms with Crippen molar-refractivity contribution in [1.29, 1.82) is 5.26 Å². The van der Waals surface area contributed by atoms with Crippen LogP contribution in [0.1, 0.15) is 11.1 Å². The summed E-state index contributed by atoms with van der Waals surface area (Å²) in [4.78, 5) is 21.1. The van der Waals surface area contributed by atoms with Crippen molar-refractivity contribution in [3.05, 3.63) is 29.3 Å². The van der Waals surface area contributed by atoms with Gasteiger partial charge in [-0.2, -0.15) is 5.26 Å². The third-order valence-electron chi connectivity index (χ3n) is 1.92. The molecular formula is C10H8N3NaO3. The largest absolute Gasteiger partial charge is 1.00 e. The standard InChI is InChI=1S/C10H9N3O3.Na/c11-4-6-2-1-3-8(7(6)5-12)13-9(14)10(15)16;/h1-3H,4,11H2,(H,13,14)(H,15,16);/q;+1/p-1. The number of nitriles is 1. The van der Waals surface area contributed by atoms with Crippen LogP contribution in [-0.2, 0) is 16.1 Å². The number of nitrogens with one attached hydrogen (secondary N) is 1. The SMILES string of the molecule is N#Cc1c(CN)cccc1NC(=O)C(=O)[O-].[Na+]. The first-order valence-corrected chi connectivity index (χ1v) is 4.34. The van der Waals surface area contributed by atoms with E-state index in [1.165, 1.54) is 6.07 Å². The summed E-state index contributed by atoms with van der Waals surface area (Å²) < 4.78 is 0. The van der Waals surface area contributed by atoms with Crippen molar-refractivity contribution in [2.24, 2.45) is 5.73 Å². The third kappa shape index (κ3) is 3.84. The quantitative estimate of drug-likeness (QED) is 0.401. The van der Waals surface area contributed by atoms with Crippen LogP contribution in [-0.4, -0.2) is 11.9 Å². The number of rotatable bonds is 2. The van der Waals surface area contributed by atoms with Crippen LogP contribution in [0, 0.1) is 11.3 Å².